The standard InChI is InChI=1S/C7H15N3O2/c1-4(2)6(5(3)11)9-10-7(8)12/h4-5,11H,1-3H3,(H3,8,10,12)/b9-6-. The van der Waals surface area contributed by atoms with Gasteiger partial charge in [-0.05, 0) is 12.8 Å². The molecule has 5 nitrogen and oxygen atoms in total. The fraction of sp³-hybridized carbons (Fsp3) is 0.714. The number of nitrogens with zero attached hydrogens (tertiary/aromatic N) is 1. The average Bonchev–Trinajstić information content (AvgIpc) is 1.84. The van der Waals surface area contributed by atoms with Crippen molar-refractivity contribution in [3.8, 4) is 0 Å². The SMILES string of the molecule is CC(C)/C(=N/NC(N)=O)C(C)O. The number of primary amides is 1. The maximum absolute atomic E-state index is 10.3. The number of hydrogen-bond donors (Lipinski definition) is 3. The lowest BCUT2D eigenvalue weighted by molar-refractivity contribution is 0.247. The highest BCUT2D eigenvalue weighted by Gasteiger charge is 2.11. The molecule has 0 bridgehead atoms. The van der Waals surface area contributed by atoms with Gasteiger partial charge in [-0.25, -0.2) is 10.2 Å². The van der Waals surface area contributed by atoms with Gasteiger partial charge < -0.3 is 10.8 Å². The van der Waals surface area contributed by atoms with E-state index in [4.69, 9.17) is 5.73 Å². The molecule has 1 atom stereocenters. The maximum Gasteiger partial charge on any atom is 0.332 e. The van der Waals surface area contributed by atoms with Crippen molar-refractivity contribution in [1.82, 2.24) is 5.43 Å². The zero-order chi connectivity index (χ0) is 9.72. The molecule has 0 radical (unpaired) electrons. The van der Waals surface area contributed by atoms with Crippen molar-refractivity contribution >= 4 is 11.7 Å². The van der Waals surface area contributed by atoms with E-state index in [0.717, 1.165) is 0 Å². The minimum absolute atomic E-state index is 0.0804. The molecule has 0 aliphatic rings. The topological polar surface area (TPSA) is 87.7 Å². The number of hydrazone groups is 1. The van der Waals surface area contributed by atoms with Crippen LogP contribution < -0.4 is 11.2 Å². The molecule has 4 N–H and O–H groups in total. The molecule has 0 saturated heterocycles. The number of aliphatic hydroxyl groups excluding tert-OH is 1. The number of urea groups is 1. The highest BCUT2D eigenvalue weighted by Crippen LogP contribution is 2.00. The number of carbonyl (C=O) groups is 1. The second-order valence-corrected chi connectivity index (χ2v) is 2.84. The number of hydrogen-bond acceptors (Lipinski definition) is 3. The Hall–Kier alpha value is -1.10. The normalized spacial score (nSPS) is 14.6. The van der Waals surface area contributed by atoms with Gasteiger partial charge in [-0.1, -0.05) is 13.8 Å². The molecule has 12 heavy (non-hydrogen) atoms. The second kappa shape index (κ2) is 4.71. The first-order valence-corrected chi connectivity index (χ1v) is 3.76. The summed E-state index contributed by atoms with van der Waals surface area (Å²) in [6.45, 7) is 5.32. The second-order valence-electron chi connectivity index (χ2n) is 2.84. The molecular weight excluding hydrogens is 158 g/mol. The van der Waals surface area contributed by atoms with Gasteiger partial charge in [-0.2, -0.15) is 5.10 Å². The highest BCUT2D eigenvalue weighted by atomic mass is 16.3. The Bertz CT molecular complexity index is 177. The molecule has 0 aliphatic heterocycles. The Morgan fingerprint density at radius 2 is 2.00 bits per heavy atom. The van der Waals surface area contributed by atoms with Gasteiger partial charge in [0.2, 0.25) is 0 Å². The van der Waals surface area contributed by atoms with Crippen molar-refractivity contribution in [3.05, 3.63) is 0 Å². The van der Waals surface area contributed by atoms with Gasteiger partial charge >= 0.3 is 6.03 Å². The van der Waals surface area contributed by atoms with Crippen LogP contribution in [0.5, 0.6) is 0 Å². The Morgan fingerprint density at radius 1 is 1.50 bits per heavy atom. The largest absolute Gasteiger partial charge is 0.387 e. The quantitative estimate of drug-likeness (QED) is 0.416. The van der Waals surface area contributed by atoms with Crippen molar-refractivity contribution in [2.24, 2.45) is 16.8 Å². The van der Waals surface area contributed by atoms with Crippen LogP contribution in [0.15, 0.2) is 5.10 Å². The molecule has 70 valence electrons. The zero-order valence-electron chi connectivity index (χ0n) is 7.53. The molecule has 1 unspecified atom stereocenters. The van der Waals surface area contributed by atoms with Crippen LogP contribution in [0.25, 0.3) is 0 Å². The molecule has 0 spiro atoms. The van der Waals surface area contributed by atoms with Crippen LogP contribution in [0, 0.1) is 5.92 Å². The fourth-order valence-corrected chi connectivity index (χ4v) is 0.825. The van der Waals surface area contributed by atoms with Crippen LogP contribution in [-0.2, 0) is 0 Å². The lowest BCUT2D eigenvalue weighted by atomic mass is 10.0. The van der Waals surface area contributed by atoms with Crippen molar-refractivity contribution in [1.29, 1.82) is 0 Å². The van der Waals surface area contributed by atoms with Gasteiger partial charge in [0.15, 0.2) is 0 Å². The van der Waals surface area contributed by atoms with Gasteiger partial charge in [0.25, 0.3) is 0 Å². The van der Waals surface area contributed by atoms with Crippen LogP contribution in [0.3, 0.4) is 0 Å². The van der Waals surface area contributed by atoms with Crippen molar-refractivity contribution in [2.75, 3.05) is 0 Å². The Labute approximate surface area is 71.6 Å². The van der Waals surface area contributed by atoms with E-state index in [1.54, 1.807) is 6.92 Å². The average molecular weight is 173 g/mol. The molecule has 0 aromatic carbocycles. The smallest absolute Gasteiger partial charge is 0.332 e. The number of carbonyl (C=O) groups excluding carboxylic acids is 1. The van der Waals surface area contributed by atoms with E-state index in [1.165, 1.54) is 0 Å². The van der Waals surface area contributed by atoms with E-state index in [0.29, 0.717) is 5.71 Å². The summed E-state index contributed by atoms with van der Waals surface area (Å²) in [7, 11) is 0. The molecule has 0 aromatic heterocycles. The summed E-state index contributed by atoms with van der Waals surface area (Å²) in [4.78, 5) is 10.3. The summed E-state index contributed by atoms with van der Waals surface area (Å²) in [5, 5.41) is 12.8. The third kappa shape index (κ3) is 3.92. The first kappa shape index (κ1) is 10.9. The summed E-state index contributed by atoms with van der Waals surface area (Å²) in [6.07, 6.45) is -0.670. The van der Waals surface area contributed by atoms with Crippen LogP contribution in [0.2, 0.25) is 0 Å². The van der Waals surface area contributed by atoms with E-state index >= 15 is 0 Å². The summed E-state index contributed by atoms with van der Waals surface area (Å²) in [5.74, 6) is 0.0804. The van der Waals surface area contributed by atoms with Gasteiger partial charge in [0.1, 0.15) is 0 Å². The summed E-state index contributed by atoms with van der Waals surface area (Å²) < 4.78 is 0. The number of nitrogens with one attached hydrogen (secondary N) is 1. The minimum Gasteiger partial charge on any atom is -0.387 e. The number of aliphatic hydroxyl groups is 1. The Morgan fingerprint density at radius 3 is 2.25 bits per heavy atom. The van der Waals surface area contributed by atoms with Gasteiger partial charge in [-0.15, -0.1) is 0 Å². The molecule has 2 amide bonds. The van der Waals surface area contributed by atoms with Crippen LogP contribution in [-0.4, -0.2) is 23.0 Å². The molecular formula is C7H15N3O2. The summed E-state index contributed by atoms with van der Waals surface area (Å²) in [5.41, 5.74) is 7.39. The lowest BCUT2D eigenvalue weighted by Crippen LogP contribution is -2.30. The number of amides is 2. The van der Waals surface area contributed by atoms with E-state index in [1.807, 2.05) is 13.8 Å². The highest BCUT2D eigenvalue weighted by molar-refractivity contribution is 5.90. The van der Waals surface area contributed by atoms with E-state index in [2.05, 4.69) is 10.5 Å². The molecule has 0 saturated carbocycles. The number of nitrogens with two attached hydrogens (primary N) is 1. The molecule has 0 aromatic rings. The van der Waals surface area contributed by atoms with Crippen molar-refractivity contribution in [3.63, 3.8) is 0 Å². The Kier molecular flexibility index (Phi) is 4.28. The Balaban J connectivity index is 4.29. The van der Waals surface area contributed by atoms with Crippen LogP contribution in [0.4, 0.5) is 4.79 Å². The summed E-state index contributed by atoms with van der Waals surface area (Å²) >= 11 is 0. The van der Waals surface area contributed by atoms with Crippen molar-refractivity contribution in [2.45, 2.75) is 26.9 Å². The molecule has 0 fully saturated rings. The van der Waals surface area contributed by atoms with Gasteiger partial charge in [0, 0.05) is 0 Å². The predicted octanol–water partition coefficient (Wildman–Crippen LogP) is 0.0475. The van der Waals surface area contributed by atoms with E-state index in [-0.39, 0.29) is 5.92 Å². The van der Waals surface area contributed by atoms with Crippen molar-refractivity contribution < 1.29 is 9.90 Å². The fourth-order valence-electron chi connectivity index (χ4n) is 0.825. The van der Waals surface area contributed by atoms with Gasteiger partial charge in [-0.3, -0.25) is 0 Å². The zero-order valence-corrected chi connectivity index (χ0v) is 7.53. The van der Waals surface area contributed by atoms with E-state index < -0.39 is 12.1 Å². The van der Waals surface area contributed by atoms with Crippen LogP contribution >= 0.6 is 0 Å². The third-order valence-electron chi connectivity index (χ3n) is 1.31. The van der Waals surface area contributed by atoms with Crippen LogP contribution in [0.1, 0.15) is 20.8 Å². The minimum atomic E-state index is -0.728. The molecule has 5 heteroatoms. The first-order valence-electron chi connectivity index (χ1n) is 3.76. The maximum atomic E-state index is 10.3. The third-order valence-corrected chi connectivity index (χ3v) is 1.31. The molecule has 0 rings (SSSR count). The first-order chi connectivity index (χ1) is 5.45. The molecule has 0 heterocycles. The summed E-state index contributed by atoms with van der Waals surface area (Å²) in [6, 6.07) is -0.728. The predicted molar refractivity (Wildman–Crippen MR) is 46.7 cm³/mol. The monoisotopic (exact) mass is 173 g/mol. The lowest BCUT2D eigenvalue weighted by Gasteiger charge is -2.11. The number of rotatable bonds is 3. The van der Waals surface area contributed by atoms with Gasteiger partial charge in [0.05, 0.1) is 11.8 Å². The molecule has 0 aliphatic carbocycles. The van der Waals surface area contributed by atoms with E-state index in [9.17, 15) is 9.90 Å².